The quantitative estimate of drug-likeness (QED) is 0.647. The minimum absolute atomic E-state index is 0.172. The Labute approximate surface area is 94.4 Å². The maximum absolute atomic E-state index is 11.9. The summed E-state index contributed by atoms with van der Waals surface area (Å²) in [4.78, 5) is 11.9. The number of carbonyl (C=O) groups is 1. The van der Waals surface area contributed by atoms with Crippen LogP contribution in [0.1, 0.15) is 60.8 Å². The van der Waals surface area contributed by atoms with Crippen molar-refractivity contribution in [1.82, 2.24) is 0 Å². The fourth-order valence-corrected chi connectivity index (χ4v) is 1.41. The third-order valence-corrected chi connectivity index (χ3v) is 3.13. The molecule has 0 bridgehead atoms. The van der Waals surface area contributed by atoms with Gasteiger partial charge >= 0.3 is 0 Å². The van der Waals surface area contributed by atoms with Gasteiger partial charge in [0, 0.05) is 18.4 Å². The van der Waals surface area contributed by atoms with Crippen LogP contribution in [0, 0.1) is 5.41 Å². The van der Waals surface area contributed by atoms with Crippen LogP contribution < -0.4 is 0 Å². The summed E-state index contributed by atoms with van der Waals surface area (Å²) in [5.41, 5.74) is -0.351. The standard InChI is InChI=1S/C13H26O2/c1-7-12(3,4)11(14)9-10-13(5,6)15-8-2/h7-10H2,1-6H3. The Kier molecular flexibility index (Phi) is 5.50. The van der Waals surface area contributed by atoms with Crippen molar-refractivity contribution in [3.8, 4) is 0 Å². The fraction of sp³-hybridized carbons (Fsp3) is 0.923. The largest absolute Gasteiger partial charge is 0.376 e. The minimum atomic E-state index is -0.178. The van der Waals surface area contributed by atoms with Crippen molar-refractivity contribution in [2.24, 2.45) is 5.41 Å². The lowest BCUT2D eigenvalue weighted by Crippen LogP contribution is -2.29. The van der Waals surface area contributed by atoms with E-state index in [2.05, 4.69) is 6.92 Å². The molecule has 0 aromatic carbocycles. The zero-order chi connectivity index (χ0) is 12.1. The van der Waals surface area contributed by atoms with Crippen molar-refractivity contribution in [2.75, 3.05) is 6.61 Å². The third-order valence-electron chi connectivity index (χ3n) is 3.13. The van der Waals surface area contributed by atoms with Crippen LogP contribution in [0.25, 0.3) is 0 Å². The Bertz CT molecular complexity index is 205. The van der Waals surface area contributed by atoms with Gasteiger partial charge in [0.25, 0.3) is 0 Å². The maximum Gasteiger partial charge on any atom is 0.138 e. The highest BCUT2D eigenvalue weighted by atomic mass is 16.5. The van der Waals surface area contributed by atoms with Gasteiger partial charge in [-0.3, -0.25) is 4.79 Å². The van der Waals surface area contributed by atoms with Crippen molar-refractivity contribution in [1.29, 1.82) is 0 Å². The van der Waals surface area contributed by atoms with E-state index in [4.69, 9.17) is 4.74 Å². The molecule has 0 spiro atoms. The second-order valence-corrected chi connectivity index (χ2v) is 5.35. The van der Waals surface area contributed by atoms with Gasteiger partial charge in [0.1, 0.15) is 5.78 Å². The first kappa shape index (κ1) is 14.6. The van der Waals surface area contributed by atoms with E-state index < -0.39 is 0 Å². The van der Waals surface area contributed by atoms with Gasteiger partial charge in [-0.05, 0) is 33.6 Å². The monoisotopic (exact) mass is 214 g/mol. The Morgan fingerprint density at radius 1 is 1.13 bits per heavy atom. The summed E-state index contributed by atoms with van der Waals surface area (Å²) in [7, 11) is 0. The molecule has 0 rings (SSSR count). The molecule has 0 aromatic rings. The van der Waals surface area contributed by atoms with Crippen molar-refractivity contribution >= 4 is 5.78 Å². The molecule has 0 unspecified atom stereocenters. The van der Waals surface area contributed by atoms with Crippen molar-refractivity contribution in [2.45, 2.75) is 66.4 Å². The average molecular weight is 214 g/mol. The number of rotatable bonds is 7. The van der Waals surface area contributed by atoms with Gasteiger partial charge in [0.05, 0.1) is 5.60 Å². The van der Waals surface area contributed by atoms with Crippen LogP contribution in [0.2, 0.25) is 0 Å². The van der Waals surface area contributed by atoms with E-state index in [1.807, 2.05) is 34.6 Å². The number of hydrogen-bond acceptors (Lipinski definition) is 2. The number of ether oxygens (including phenoxy) is 1. The molecule has 0 N–H and O–H groups in total. The summed E-state index contributed by atoms with van der Waals surface area (Å²) in [6, 6.07) is 0. The van der Waals surface area contributed by atoms with Gasteiger partial charge < -0.3 is 4.74 Å². The predicted octanol–water partition coefficient (Wildman–Crippen LogP) is 3.59. The van der Waals surface area contributed by atoms with Gasteiger partial charge in [0.2, 0.25) is 0 Å². The van der Waals surface area contributed by atoms with E-state index in [-0.39, 0.29) is 11.0 Å². The van der Waals surface area contributed by atoms with Gasteiger partial charge in [0.15, 0.2) is 0 Å². The molecule has 0 aliphatic heterocycles. The van der Waals surface area contributed by atoms with E-state index in [0.717, 1.165) is 12.8 Å². The summed E-state index contributed by atoms with van der Waals surface area (Å²) in [6.45, 7) is 12.9. The zero-order valence-corrected chi connectivity index (χ0v) is 11.1. The highest BCUT2D eigenvalue weighted by molar-refractivity contribution is 5.83. The number of ketones is 1. The lowest BCUT2D eigenvalue weighted by molar-refractivity contribution is -0.129. The molecule has 0 radical (unpaired) electrons. The Morgan fingerprint density at radius 3 is 2.07 bits per heavy atom. The fourth-order valence-electron chi connectivity index (χ4n) is 1.41. The first-order chi connectivity index (χ1) is 6.75. The molecule has 0 saturated heterocycles. The van der Waals surface area contributed by atoms with Crippen LogP contribution in [0.15, 0.2) is 0 Å². The highest BCUT2D eigenvalue weighted by Gasteiger charge is 2.27. The van der Waals surface area contributed by atoms with Gasteiger partial charge in [-0.2, -0.15) is 0 Å². The Hall–Kier alpha value is -0.370. The normalized spacial score (nSPS) is 12.9. The number of Topliss-reactive ketones (excluding diaryl/α,β-unsaturated/α-hetero) is 1. The van der Waals surface area contributed by atoms with E-state index >= 15 is 0 Å². The molecule has 0 heterocycles. The minimum Gasteiger partial charge on any atom is -0.376 e. The second-order valence-electron chi connectivity index (χ2n) is 5.35. The molecule has 2 nitrogen and oxygen atoms in total. The van der Waals surface area contributed by atoms with Gasteiger partial charge in [-0.1, -0.05) is 20.8 Å². The molecule has 0 saturated carbocycles. The van der Waals surface area contributed by atoms with E-state index in [1.54, 1.807) is 0 Å². The first-order valence-corrected chi connectivity index (χ1v) is 5.92. The predicted molar refractivity (Wildman–Crippen MR) is 64.0 cm³/mol. The molecule has 15 heavy (non-hydrogen) atoms. The van der Waals surface area contributed by atoms with Crippen LogP contribution in [0.4, 0.5) is 0 Å². The zero-order valence-electron chi connectivity index (χ0n) is 11.1. The molecule has 0 amide bonds. The summed E-state index contributed by atoms with van der Waals surface area (Å²) in [5.74, 6) is 0.345. The van der Waals surface area contributed by atoms with Crippen LogP contribution in [0.5, 0.6) is 0 Å². The smallest absolute Gasteiger partial charge is 0.138 e. The Balaban J connectivity index is 4.11. The van der Waals surface area contributed by atoms with Crippen LogP contribution in [-0.4, -0.2) is 18.0 Å². The Morgan fingerprint density at radius 2 is 1.67 bits per heavy atom. The molecule has 0 aliphatic rings. The van der Waals surface area contributed by atoms with E-state index in [0.29, 0.717) is 18.8 Å². The highest BCUT2D eigenvalue weighted by Crippen LogP contribution is 2.26. The van der Waals surface area contributed by atoms with E-state index in [9.17, 15) is 4.79 Å². The van der Waals surface area contributed by atoms with Crippen molar-refractivity contribution in [3.05, 3.63) is 0 Å². The third kappa shape index (κ3) is 5.31. The molecule has 0 fully saturated rings. The summed E-state index contributed by atoms with van der Waals surface area (Å²) >= 11 is 0. The summed E-state index contributed by atoms with van der Waals surface area (Å²) in [5, 5.41) is 0. The lowest BCUT2D eigenvalue weighted by atomic mass is 9.82. The molecule has 0 aliphatic carbocycles. The molecule has 0 atom stereocenters. The molecule has 0 aromatic heterocycles. The van der Waals surface area contributed by atoms with Crippen LogP contribution in [0.3, 0.4) is 0 Å². The summed E-state index contributed by atoms with van der Waals surface area (Å²) < 4.78 is 5.57. The molecule has 2 heteroatoms. The first-order valence-electron chi connectivity index (χ1n) is 5.92. The van der Waals surface area contributed by atoms with Crippen LogP contribution in [-0.2, 0) is 9.53 Å². The molecular formula is C13H26O2. The SMILES string of the molecule is CCOC(C)(C)CCC(=O)C(C)(C)CC. The maximum atomic E-state index is 11.9. The second kappa shape index (κ2) is 5.64. The topological polar surface area (TPSA) is 26.3 Å². The van der Waals surface area contributed by atoms with E-state index in [1.165, 1.54) is 0 Å². The van der Waals surface area contributed by atoms with Crippen molar-refractivity contribution in [3.63, 3.8) is 0 Å². The lowest BCUT2D eigenvalue weighted by Gasteiger charge is -2.27. The number of hydrogen-bond donors (Lipinski definition) is 0. The van der Waals surface area contributed by atoms with Crippen molar-refractivity contribution < 1.29 is 9.53 Å². The van der Waals surface area contributed by atoms with Crippen LogP contribution >= 0.6 is 0 Å². The summed E-state index contributed by atoms with van der Waals surface area (Å²) in [6.07, 6.45) is 2.33. The number of carbonyl (C=O) groups excluding carboxylic acids is 1. The molecule has 90 valence electrons. The van der Waals surface area contributed by atoms with Gasteiger partial charge in [-0.15, -0.1) is 0 Å². The average Bonchev–Trinajstić information content (AvgIpc) is 2.14. The molecular weight excluding hydrogens is 188 g/mol. The van der Waals surface area contributed by atoms with Gasteiger partial charge in [-0.25, -0.2) is 0 Å².